The number of likely N-dealkylation sites (tertiary alicyclic amines) is 1. The van der Waals surface area contributed by atoms with Crippen molar-refractivity contribution in [1.82, 2.24) is 0 Å². The number of hydrogen-bond donors (Lipinski definition) is 2. The van der Waals surface area contributed by atoms with Gasteiger partial charge in [0.15, 0.2) is 0 Å². The van der Waals surface area contributed by atoms with Crippen LogP contribution in [0.3, 0.4) is 0 Å². The summed E-state index contributed by atoms with van der Waals surface area (Å²) in [7, 11) is 0. The Hall–Kier alpha value is -0.670. The quantitative estimate of drug-likeness (QED) is 0.795. The molecule has 3 heteroatoms. The van der Waals surface area contributed by atoms with E-state index in [1.54, 1.807) is 4.90 Å². The summed E-state index contributed by atoms with van der Waals surface area (Å²) in [6, 6.07) is 9.43. The first kappa shape index (κ1) is 13.8. The van der Waals surface area contributed by atoms with Gasteiger partial charge in [0.1, 0.15) is 0 Å². The fourth-order valence-corrected chi connectivity index (χ4v) is 3.18. The SMILES string of the molecule is CCC[NH+]1CCC(Nc2cccc(SC)c2)CC1. The smallest absolute Gasteiger partial charge is 0.0790 e. The summed E-state index contributed by atoms with van der Waals surface area (Å²) in [5.41, 5.74) is 1.28. The highest BCUT2D eigenvalue weighted by Crippen LogP contribution is 2.20. The van der Waals surface area contributed by atoms with Crippen molar-refractivity contribution in [1.29, 1.82) is 0 Å². The Morgan fingerprint density at radius 1 is 1.33 bits per heavy atom. The summed E-state index contributed by atoms with van der Waals surface area (Å²) in [6.45, 7) is 6.28. The summed E-state index contributed by atoms with van der Waals surface area (Å²) >= 11 is 1.81. The topological polar surface area (TPSA) is 16.5 Å². The van der Waals surface area contributed by atoms with Gasteiger partial charge in [-0.1, -0.05) is 13.0 Å². The minimum Gasteiger partial charge on any atom is -0.382 e. The van der Waals surface area contributed by atoms with Crippen molar-refractivity contribution in [3.8, 4) is 0 Å². The molecule has 1 fully saturated rings. The Balaban J connectivity index is 1.83. The number of nitrogens with one attached hydrogen (secondary N) is 2. The van der Waals surface area contributed by atoms with Gasteiger partial charge in [0, 0.05) is 29.5 Å². The average Bonchev–Trinajstić information content (AvgIpc) is 2.42. The molecule has 100 valence electrons. The second-order valence-electron chi connectivity index (χ2n) is 5.15. The Morgan fingerprint density at radius 2 is 2.11 bits per heavy atom. The molecular formula is C15H25N2S+. The summed E-state index contributed by atoms with van der Waals surface area (Å²) < 4.78 is 0. The summed E-state index contributed by atoms with van der Waals surface area (Å²) in [4.78, 5) is 3.13. The molecule has 1 aromatic rings. The van der Waals surface area contributed by atoms with E-state index in [1.165, 1.54) is 49.5 Å². The van der Waals surface area contributed by atoms with Crippen LogP contribution >= 0.6 is 11.8 Å². The van der Waals surface area contributed by atoms with Crippen LogP contribution in [0.5, 0.6) is 0 Å². The van der Waals surface area contributed by atoms with Gasteiger partial charge in [-0.2, -0.15) is 0 Å². The van der Waals surface area contributed by atoms with E-state index < -0.39 is 0 Å². The van der Waals surface area contributed by atoms with Gasteiger partial charge in [0.2, 0.25) is 0 Å². The summed E-state index contributed by atoms with van der Waals surface area (Å²) in [5, 5.41) is 3.69. The fourth-order valence-electron chi connectivity index (χ4n) is 2.72. The van der Waals surface area contributed by atoms with Crippen LogP contribution in [0.15, 0.2) is 29.2 Å². The molecule has 1 aliphatic rings. The van der Waals surface area contributed by atoms with E-state index in [0.717, 1.165) is 0 Å². The zero-order chi connectivity index (χ0) is 12.8. The van der Waals surface area contributed by atoms with Crippen molar-refractivity contribution in [3.63, 3.8) is 0 Å². The van der Waals surface area contributed by atoms with Crippen LogP contribution in [0.4, 0.5) is 5.69 Å². The molecule has 1 heterocycles. The highest BCUT2D eigenvalue weighted by molar-refractivity contribution is 7.98. The van der Waals surface area contributed by atoms with Crippen molar-refractivity contribution in [2.45, 2.75) is 37.1 Å². The highest BCUT2D eigenvalue weighted by atomic mass is 32.2. The third kappa shape index (κ3) is 3.92. The molecule has 1 aromatic carbocycles. The van der Waals surface area contributed by atoms with E-state index in [4.69, 9.17) is 0 Å². The van der Waals surface area contributed by atoms with Crippen LogP contribution < -0.4 is 10.2 Å². The number of quaternary nitrogens is 1. The first-order chi connectivity index (χ1) is 8.81. The molecule has 0 radical (unpaired) electrons. The lowest BCUT2D eigenvalue weighted by Crippen LogP contribution is -3.13. The van der Waals surface area contributed by atoms with Crippen molar-refractivity contribution < 1.29 is 4.90 Å². The standard InChI is InChI=1S/C15H24N2S/c1-3-9-17-10-7-13(8-11-17)16-14-5-4-6-15(12-14)18-2/h4-6,12-13,16H,3,7-11H2,1-2H3/p+1. The van der Waals surface area contributed by atoms with Gasteiger partial charge in [0.05, 0.1) is 19.6 Å². The number of hydrogen-bond acceptors (Lipinski definition) is 2. The lowest BCUT2D eigenvalue weighted by Gasteiger charge is -2.30. The van der Waals surface area contributed by atoms with E-state index in [1.807, 2.05) is 11.8 Å². The van der Waals surface area contributed by atoms with Crippen molar-refractivity contribution in [3.05, 3.63) is 24.3 Å². The van der Waals surface area contributed by atoms with Crippen molar-refractivity contribution >= 4 is 17.4 Å². The maximum absolute atomic E-state index is 3.69. The Bertz CT molecular complexity index is 359. The van der Waals surface area contributed by atoms with Gasteiger partial charge < -0.3 is 10.2 Å². The van der Waals surface area contributed by atoms with E-state index in [-0.39, 0.29) is 0 Å². The van der Waals surface area contributed by atoms with Crippen LogP contribution in [0.1, 0.15) is 26.2 Å². The number of piperidine rings is 1. The Kier molecular flexibility index (Phi) is 5.39. The van der Waals surface area contributed by atoms with E-state index in [9.17, 15) is 0 Å². The minimum absolute atomic E-state index is 0.669. The molecule has 0 atom stereocenters. The monoisotopic (exact) mass is 265 g/mol. The highest BCUT2D eigenvalue weighted by Gasteiger charge is 2.20. The minimum atomic E-state index is 0.669. The van der Waals surface area contributed by atoms with Crippen LogP contribution in [0, 0.1) is 0 Å². The zero-order valence-electron chi connectivity index (χ0n) is 11.5. The first-order valence-corrected chi connectivity index (χ1v) is 8.28. The molecule has 2 nitrogen and oxygen atoms in total. The summed E-state index contributed by atoms with van der Waals surface area (Å²) in [5.74, 6) is 0. The molecule has 0 amide bonds. The van der Waals surface area contributed by atoms with Gasteiger partial charge >= 0.3 is 0 Å². The molecule has 0 spiro atoms. The normalized spacial score (nSPS) is 23.9. The van der Waals surface area contributed by atoms with E-state index in [2.05, 4.69) is 42.8 Å². The largest absolute Gasteiger partial charge is 0.382 e. The molecular weight excluding hydrogens is 240 g/mol. The molecule has 1 saturated heterocycles. The first-order valence-electron chi connectivity index (χ1n) is 7.06. The molecule has 0 bridgehead atoms. The molecule has 0 aromatic heterocycles. The van der Waals surface area contributed by atoms with Gasteiger partial charge in [-0.3, -0.25) is 0 Å². The molecule has 0 saturated carbocycles. The molecule has 2 rings (SSSR count). The predicted octanol–water partition coefficient (Wildman–Crippen LogP) is 2.28. The van der Waals surface area contributed by atoms with Crippen LogP contribution in [-0.2, 0) is 0 Å². The lowest BCUT2D eigenvalue weighted by molar-refractivity contribution is -0.905. The maximum Gasteiger partial charge on any atom is 0.0790 e. The second-order valence-corrected chi connectivity index (χ2v) is 6.03. The number of rotatable bonds is 5. The van der Waals surface area contributed by atoms with Gasteiger partial charge in [-0.05, 0) is 30.9 Å². The fraction of sp³-hybridized carbons (Fsp3) is 0.600. The number of thioether (sulfide) groups is 1. The van der Waals surface area contributed by atoms with Gasteiger partial charge in [0.25, 0.3) is 0 Å². The number of anilines is 1. The maximum atomic E-state index is 3.69. The van der Waals surface area contributed by atoms with Crippen LogP contribution in [-0.4, -0.2) is 31.9 Å². The van der Waals surface area contributed by atoms with E-state index in [0.29, 0.717) is 6.04 Å². The van der Waals surface area contributed by atoms with Crippen LogP contribution in [0.25, 0.3) is 0 Å². The summed E-state index contributed by atoms with van der Waals surface area (Å²) in [6.07, 6.45) is 6.05. The Labute approximate surface area is 115 Å². The van der Waals surface area contributed by atoms with E-state index >= 15 is 0 Å². The van der Waals surface area contributed by atoms with Gasteiger partial charge in [-0.15, -0.1) is 11.8 Å². The average molecular weight is 265 g/mol. The van der Waals surface area contributed by atoms with Crippen LogP contribution in [0.2, 0.25) is 0 Å². The molecule has 1 aliphatic heterocycles. The molecule has 0 aliphatic carbocycles. The zero-order valence-corrected chi connectivity index (χ0v) is 12.4. The molecule has 18 heavy (non-hydrogen) atoms. The number of benzene rings is 1. The molecule has 0 unspecified atom stereocenters. The van der Waals surface area contributed by atoms with Crippen molar-refractivity contribution in [2.24, 2.45) is 0 Å². The van der Waals surface area contributed by atoms with Crippen molar-refractivity contribution in [2.75, 3.05) is 31.2 Å². The molecule has 2 N–H and O–H groups in total. The third-order valence-electron chi connectivity index (χ3n) is 3.74. The lowest BCUT2D eigenvalue weighted by atomic mass is 10.0. The second kappa shape index (κ2) is 7.05. The predicted molar refractivity (Wildman–Crippen MR) is 80.7 cm³/mol. The Morgan fingerprint density at radius 3 is 2.78 bits per heavy atom. The third-order valence-corrected chi connectivity index (χ3v) is 4.46. The van der Waals surface area contributed by atoms with Gasteiger partial charge in [-0.25, -0.2) is 0 Å².